The molecule has 0 atom stereocenters. The Hall–Kier alpha value is -2.22. The number of benzene rings is 2. The zero-order valence-corrected chi connectivity index (χ0v) is 17.9. The van der Waals surface area contributed by atoms with Crippen molar-refractivity contribution in [1.29, 1.82) is 0 Å². The van der Waals surface area contributed by atoms with E-state index in [4.69, 9.17) is 11.6 Å². The molecule has 1 aliphatic heterocycles. The predicted octanol–water partition coefficient (Wildman–Crippen LogP) is 3.89. The number of amides is 1. The van der Waals surface area contributed by atoms with E-state index in [1.54, 1.807) is 24.3 Å². The van der Waals surface area contributed by atoms with Gasteiger partial charge in [-0.3, -0.25) is 9.59 Å². The van der Waals surface area contributed by atoms with Gasteiger partial charge in [-0.1, -0.05) is 29.8 Å². The van der Waals surface area contributed by atoms with Crippen LogP contribution in [0.3, 0.4) is 0 Å². The van der Waals surface area contributed by atoms with Crippen LogP contribution < -0.4 is 5.32 Å². The smallest absolute Gasteiger partial charge is 0.243 e. The van der Waals surface area contributed by atoms with Gasteiger partial charge >= 0.3 is 0 Å². The largest absolute Gasteiger partial charge is 0.325 e. The number of carbonyl (C=O) groups is 2. The van der Waals surface area contributed by atoms with Crippen LogP contribution in [-0.4, -0.2) is 37.5 Å². The summed E-state index contributed by atoms with van der Waals surface area (Å²) in [6.07, 6.45) is 0.835. The second-order valence-corrected chi connectivity index (χ2v) is 9.58. The van der Waals surface area contributed by atoms with E-state index >= 15 is 0 Å². The van der Waals surface area contributed by atoms with Crippen molar-refractivity contribution < 1.29 is 18.0 Å². The number of aryl methyl sites for hydroxylation is 1. The standard InChI is InChI=1S/C21H23ClN2O4S/c1-14-6-7-20(19(22)12-14)23-21(26)16-8-10-24(11-9-16)29(27,28)18-5-3-4-17(13-18)15(2)25/h3-7,12-13,16H,8-11H2,1-2H3,(H,23,26). The third kappa shape index (κ3) is 4.86. The van der Waals surface area contributed by atoms with E-state index in [1.807, 2.05) is 13.0 Å². The van der Waals surface area contributed by atoms with Gasteiger partial charge in [0.2, 0.25) is 15.9 Å². The molecule has 1 N–H and O–H groups in total. The molecule has 1 heterocycles. The van der Waals surface area contributed by atoms with Gasteiger partial charge in [0, 0.05) is 24.6 Å². The molecule has 29 heavy (non-hydrogen) atoms. The summed E-state index contributed by atoms with van der Waals surface area (Å²) in [5.41, 5.74) is 1.91. The molecule has 2 aromatic carbocycles. The summed E-state index contributed by atoms with van der Waals surface area (Å²) in [6, 6.07) is 11.4. The van der Waals surface area contributed by atoms with E-state index in [-0.39, 0.29) is 35.6 Å². The third-order valence-corrected chi connectivity index (χ3v) is 7.29. The monoisotopic (exact) mass is 434 g/mol. The number of nitrogens with one attached hydrogen (secondary N) is 1. The fourth-order valence-corrected chi connectivity index (χ4v) is 5.14. The Morgan fingerprint density at radius 2 is 1.79 bits per heavy atom. The number of anilines is 1. The molecular weight excluding hydrogens is 412 g/mol. The maximum atomic E-state index is 12.9. The quantitative estimate of drug-likeness (QED) is 0.723. The van der Waals surface area contributed by atoms with E-state index in [1.165, 1.54) is 23.4 Å². The second kappa shape index (κ2) is 8.65. The first-order valence-electron chi connectivity index (χ1n) is 9.36. The molecule has 0 aromatic heterocycles. The van der Waals surface area contributed by atoms with Gasteiger partial charge in [-0.25, -0.2) is 8.42 Å². The van der Waals surface area contributed by atoms with Crippen molar-refractivity contribution in [3.63, 3.8) is 0 Å². The maximum Gasteiger partial charge on any atom is 0.243 e. The van der Waals surface area contributed by atoms with Crippen LogP contribution >= 0.6 is 11.6 Å². The predicted molar refractivity (Wildman–Crippen MR) is 113 cm³/mol. The minimum absolute atomic E-state index is 0.0968. The highest BCUT2D eigenvalue weighted by molar-refractivity contribution is 7.89. The fraction of sp³-hybridized carbons (Fsp3) is 0.333. The number of nitrogens with zero attached hydrogens (tertiary/aromatic N) is 1. The van der Waals surface area contributed by atoms with Crippen LogP contribution in [0.4, 0.5) is 5.69 Å². The van der Waals surface area contributed by atoms with Gasteiger partial charge in [0.1, 0.15) is 0 Å². The highest BCUT2D eigenvalue weighted by atomic mass is 35.5. The molecule has 2 aromatic rings. The second-order valence-electron chi connectivity index (χ2n) is 7.23. The van der Waals surface area contributed by atoms with Crippen LogP contribution in [0, 0.1) is 12.8 Å². The van der Waals surface area contributed by atoms with Crippen molar-refractivity contribution in [2.75, 3.05) is 18.4 Å². The van der Waals surface area contributed by atoms with Crippen molar-refractivity contribution in [3.05, 3.63) is 58.6 Å². The van der Waals surface area contributed by atoms with Crippen LogP contribution in [-0.2, 0) is 14.8 Å². The Labute approximate surface area is 175 Å². The Bertz CT molecular complexity index is 1040. The van der Waals surface area contributed by atoms with Crippen molar-refractivity contribution in [1.82, 2.24) is 4.31 Å². The lowest BCUT2D eigenvalue weighted by molar-refractivity contribution is -0.120. The topological polar surface area (TPSA) is 83.6 Å². The molecular formula is C21H23ClN2O4S. The molecule has 0 radical (unpaired) electrons. The van der Waals surface area contributed by atoms with Gasteiger partial charge < -0.3 is 5.32 Å². The van der Waals surface area contributed by atoms with E-state index < -0.39 is 10.0 Å². The van der Waals surface area contributed by atoms with E-state index in [2.05, 4.69) is 5.32 Å². The van der Waals surface area contributed by atoms with E-state index in [9.17, 15) is 18.0 Å². The SMILES string of the molecule is CC(=O)c1cccc(S(=O)(=O)N2CCC(C(=O)Nc3ccc(C)cc3Cl)CC2)c1. The molecule has 6 nitrogen and oxygen atoms in total. The van der Waals surface area contributed by atoms with E-state index in [0.717, 1.165) is 5.56 Å². The first-order chi connectivity index (χ1) is 13.7. The van der Waals surface area contributed by atoms with Crippen LogP contribution in [0.15, 0.2) is 47.4 Å². The summed E-state index contributed by atoms with van der Waals surface area (Å²) in [4.78, 5) is 24.2. The van der Waals surface area contributed by atoms with Crippen LogP contribution in [0.1, 0.15) is 35.7 Å². The molecule has 1 amide bonds. The van der Waals surface area contributed by atoms with Crippen molar-refractivity contribution in [2.24, 2.45) is 5.92 Å². The van der Waals surface area contributed by atoms with Gasteiger partial charge in [0.25, 0.3) is 0 Å². The summed E-state index contributed by atoms with van der Waals surface area (Å²) in [5.74, 6) is -0.638. The number of halogens is 1. The molecule has 0 aliphatic carbocycles. The molecule has 8 heteroatoms. The molecule has 0 unspecified atom stereocenters. The third-order valence-electron chi connectivity index (χ3n) is 5.09. The molecule has 0 spiro atoms. The average molecular weight is 435 g/mol. The number of piperidine rings is 1. The number of hydrogen-bond acceptors (Lipinski definition) is 4. The van der Waals surface area contributed by atoms with E-state index in [0.29, 0.717) is 29.1 Å². The summed E-state index contributed by atoms with van der Waals surface area (Å²) < 4.78 is 27.2. The fourth-order valence-electron chi connectivity index (χ4n) is 3.34. The summed E-state index contributed by atoms with van der Waals surface area (Å²) in [7, 11) is -3.71. The minimum Gasteiger partial charge on any atom is -0.325 e. The molecule has 1 aliphatic rings. The summed E-state index contributed by atoms with van der Waals surface area (Å²) >= 11 is 6.17. The Morgan fingerprint density at radius 3 is 2.41 bits per heavy atom. The molecule has 0 bridgehead atoms. The average Bonchev–Trinajstić information content (AvgIpc) is 2.70. The number of carbonyl (C=O) groups excluding carboxylic acids is 2. The van der Waals surface area contributed by atoms with Crippen LogP contribution in [0.5, 0.6) is 0 Å². The first-order valence-corrected chi connectivity index (χ1v) is 11.2. The number of hydrogen-bond donors (Lipinski definition) is 1. The number of rotatable bonds is 5. The number of ketones is 1. The van der Waals surface area contributed by atoms with Crippen molar-refractivity contribution in [2.45, 2.75) is 31.6 Å². The summed E-state index contributed by atoms with van der Waals surface area (Å²) in [6.45, 7) is 3.80. The van der Waals surface area contributed by atoms with Gasteiger partial charge in [-0.05, 0) is 56.5 Å². The molecule has 154 valence electrons. The zero-order valence-electron chi connectivity index (χ0n) is 16.3. The van der Waals surface area contributed by atoms with Crippen molar-refractivity contribution >= 4 is 39.0 Å². The highest BCUT2D eigenvalue weighted by Crippen LogP contribution is 2.27. The van der Waals surface area contributed by atoms with Crippen LogP contribution in [0.2, 0.25) is 5.02 Å². The number of sulfonamides is 1. The van der Waals surface area contributed by atoms with Gasteiger partial charge in [0.05, 0.1) is 15.6 Å². The summed E-state index contributed by atoms with van der Waals surface area (Å²) in [5, 5.41) is 3.31. The Balaban J connectivity index is 1.65. The Kier molecular flexibility index (Phi) is 6.41. The molecule has 0 saturated carbocycles. The lowest BCUT2D eigenvalue weighted by Crippen LogP contribution is -2.41. The maximum absolute atomic E-state index is 12.9. The minimum atomic E-state index is -3.71. The molecule has 1 saturated heterocycles. The molecule has 3 rings (SSSR count). The van der Waals surface area contributed by atoms with Gasteiger partial charge in [-0.2, -0.15) is 4.31 Å². The normalized spacial score (nSPS) is 15.8. The van der Waals surface area contributed by atoms with Gasteiger partial charge in [-0.15, -0.1) is 0 Å². The lowest BCUT2D eigenvalue weighted by atomic mass is 9.97. The highest BCUT2D eigenvalue weighted by Gasteiger charge is 2.32. The zero-order chi connectivity index (χ0) is 21.2. The van der Waals surface area contributed by atoms with Crippen LogP contribution in [0.25, 0.3) is 0 Å². The van der Waals surface area contributed by atoms with Gasteiger partial charge in [0.15, 0.2) is 5.78 Å². The first kappa shape index (κ1) is 21.5. The molecule has 1 fully saturated rings. The Morgan fingerprint density at radius 1 is 1.10 bits per heavy atom. The number of Topliss-reactive ketones (excluding diaryl/α,β-unsaturated/α-hetero) is 1. The van der Waals surface area contributed by atoms with Crippen molar-refractivity contribution in [3.8, 4) is 0 Å². The lowest BCUT2D eigenvalue weighted by Gasteiger charge is -2.30.